The highest BCUT2D eigenvalue weighted by Gasteiger charge is 2.32. The summed E-state index contributed by atoms with van der Waals surface area (Å²) in [6, 6.07) is 1.62. The van der Waals surface area contributed by atoms with E-state index < -0.39 is 23.3 Å². The molecule has 1 aliphatic carbocycles. The minimum Gasteiger partial charge on any atom is -0.349 e. The molecule has 2 N–H and O–H groups in total. The van der Waals surface area contributed by atoms with E-state index in [0.717, 1.165) is 25.3 Å². The Balaban J connectivity index is 2.19. The molecule has 1 fully saturated rings. The molecule has 2 rings (SSSR count). The first kappa shape index (κ1) is 12.7. The van der Waals surface area contributed by atoms with Gasteiger partial charge in [0.25, 0.3) is 11.5 Å². The largest absolute Gasteiger partial charge is 0.431 e. The molecule has 0 aliphatic heterocycles. The molecule has 18 heavy (non-hydrogen) atoms. The van der Waals surface area contributed by atoms with Gasteiger partial charge in [0.2, 0.25) is 0 Å². The molecule has 1 aromatic heterocycles. The summed E-state index contributed by atoms with van der Waals surface area (Å²) < 4.78 is 36.9. The molecule has 1 aliphatic rings. The molecule has 0 bridgehead atoms. The molecule has 7 heteroatoms. The molecular weight excluding hydrogens is 249 g/mol. The van der Waals surface area contributed by atoms with Gasteiger partial charge in [0.15, 0.2) is 0 Å². The first-order chi connectivity index (χ1) is 8.38. The minimum atomic E-state index is -4.62. The Kier molecular flexibility index (Phi) is 3.14. The fraction of sp³-hybridized carbons (Fsp3) is 0.455. The lowest BCUT2D eigenvalue weighted by molar-refractivity contribution is -0.141. The second-order valence-corrected chi connectivity index (χ2v) is 4.21. The lowest BCUT2D eigenvalue weighted by Crippen LogP contribution is -2.41. The molecule has 0 spiro atoms. The van der Waals surface area contributed by atoms with Gasteiger partial charge in [0.1, 0.15) is 11.3 Å². The maximum absolute atomic E-state index is 12.3. The smallest absolute Gasteiger partial charge is 0.349 e. The van der Waals surface area contributed by atoms with Gasteiger partial charge in [0, 0.05) is 6.04 Å². The van der Waals surface area contributed by atoms with Gasteiger partial charge in [-0.25, -0.2) is 0 Å². The number of rotatable bonds is 2. The number of amides is 1. The molecule has 1 aromatic rings. The monoisotopic (exact) mass is 260 g/mol. The average molecular weight is 260 g/mol. The van der Waals surface area contributed by atoms with Crippen LogP contribution in [0.2, 0.25) is 0 Å². The number of nitrogens with one attached hydrogen (secondary N) is 2. The molecule has 0 aromatic carbocycles. The fourth-order valence-electron chi connectivity index (χ4n) is 1.63. The van der Waals surface area contributed by atoms with Crippen LogP contribution < -0.4 is 10.9 Å². The van der Waals surface area contributed by atoms with E-state index in [2.05, 4.69) is 5.32 Å². The minimum absolute atomic E-state index is 0.0270. The Morgan fingerprint density at radius 1 is 1.33 bits per heavy atom. The predicted molar refractivity (Wildman–Crippen MR) is 57.2 cm³/mol. The van der Waals surface area contributed by atoms with Crippen molar-refractivity contribution in [1.82, 2.24) is 10.3 Å². The van der Waals surface area contributed by atoms with Gasteiger partial charge >= 0.3 is 6.18 Å². The van der Waals surface area contributed by atoms with Crippen molar-refractivity contribution >= 4 is 5.91 Å². The Hall–Kier alpha value is -1.79. The van der Waals surface area contributed by atoms with Crippen molar-refractivity contribution in [2.45, 2.75) is 31.5 Å². The summed E-state index contributed by atoms with van der Waals surface area (Å²) in [6.45, 7) is 0. The number of hydrogen-bond donors (Lipinski definition) is 2. The topological polar surface area (TPSA) is 62.0 Å². The van der Waals surface area contributed by atoms with E-state index in [1.165, 1.54) is 0 Å². The number of alkyl halides is 3. The summed E-state index contributed by atoms with van der Waals surface area (Å²) in [5, 5.41) is 2.59. The van der Waals surface area contributed by atoms with Crippen LogP contribution in [0.25, 0.3) is 0 Å². The van der Waals surface area contributed by atoms with Crippen molar-refractivity contribution in [1.29, 1.82) is 0 Å². The number of carbonyl (C=O) groups is 1. The molecular formula is C11H11F3N2O2. The number of H-pyrrole nitrogens is 1. The van der Waals surface area contributed by atoms with Crippen molar-refractivity contribution in [2.24, 2.45) is 0 Å². The molecule has 0 atom stereocenters. The molecule has 4 nitrogen and oxygen atoms in total. The second-order valence-electron chi connectivity index (χ2n) is 4.21. The Bertz CT molecular complexity index is 518. The van der Waals surface area contributed by atoms with Crippen molar-refractivity contribution in [3.63, 3.8) is 0 Å². The predicted octanol–water partition coefficient (Wildman–Crippen LogP) is 1.68. The van der Waals surface area contributed by atoms with Gasteiger partial charge < -0.3 is 10.3 Å². The number of hydrogen-bond acceptors (Lipinski definition) is 2. The third-order valence-corrected chi connectivity index (χ3v) is 2.90. The van der Waals surface area contributed by atoms with Crippen LogP contribution in [0.3, 0.4) is 0 Å². The molecule has 1 heterocycles. The summed E-state index contributed by atoms with van der Waals surface area (Å²) in [7, 11) is 0. The zero-order chi connectivity index (χ0) is 13.3. The number of carbonyl (C=O) groups excluding carboxylic acids is 1. The summed E-state index contributed by atoms with van der Waals surface area (Å²) in [6.07, 6.45) is -1.94. The maximum Gasteiger partial charge on any atom is 0.431 e. The van der Waals surface area contributed by atoms with Crippen LogP contribution >= 0.6 is 0 Å². The normalized spacial score (nSPS) is 16.2. The molecule has 1 saturated carbocycles. The molecule has 0 radical (unpaired) electrons. The highest BCUT2D eigenvalue weighted by atomic mass is 19.4. The second kappa shape index (κ2) is 4.47. The van der Waals surface area contributed by atoms with E-state index in [0.29, 0.717) is 6.07 Å². The van der Waals surface area contributed by atoms with Crippen LogP contribution in [0.5, 0.6) is 0 Å². The third kappa shape index (κ3) is 2.55. The first-order valence-electron chi connectivity index (χ1n) is 5.49. The molecule has 98 valence electrons. The number of pyridine rings is 1. The maximum atomic E-state index is 12.3. The van der Waals surface area contributed by atoms with Crippen LogP contribution in [-0.2, 0) is 6.18 Å². The third-order valence-electron chi connectivity index (χ3n) is 2.90. The van der Waals surface area contributed by atoms with Crippen LogP contribution in [0.4, 0.5) is 13.2 Å². The van der Waals surface area contributed by atoms with E-state index in [4.69, 9.17) is 0 Å². The van der Waals surface area contributed by atoms with Gasteiger partial charge in [-0.15, -0.1) is 0 Å². The molecule has 0 saturated heterocycles. The summed E-state index contributed by atoms with van der Waals surface area (Å²) >= 11 is 0. The SMILES string of the molecule is O=C(NC1CCC1)c1ccc(C(F)(F)F)[nH]c1=O. The van der Waals surface area contributed by atoms with Crippen LogP contribution in [-0.4, -0.2) is 16.9 Å². The number of halogens is 3. The molecule has 1 amide bonds. The van der Waals surface area contributed by atoms with Gasteiger partial charge in [-0.05, 0) is 31.4 Å². The van der Waals surface area contributed by atoms with E-state index in [1.807, 2.05) is 0 Å². The van der Waals surface area contributed by atoms with Crippen molar-refractivity contribution < 1.29 is 18.0 Å². The van der Waals surface area contributed by atoms with Crippen LogP contribution in [0.1, 0.15) is 35.3 Å². The van der Waals surface area contributed by atoms with Crippen LogP contribution in [0.15, 0.2) is 16.9 Å². The Labute approximate surface area is 100 Å². The molecule has 0 unspecified atom stereocenters. The average Bonchev–Trinajstić information content (AvgIpc) is 2.21. The van der Waals surface area contributed by atoms with Gasteiger partial charge in [-0.3, -0.25) is 9.59 Å². The van der Waals surface area contributed by atoms with E-state index in [1.54, 1.807) is 4.98 Å². The van der Waals surface area contributed by atoms with E-state index in [-0.39, 0.29) is 11.6 Å². The van der Waals surface area contributed by atoms with E-state index >= 15 is 0 Å². The summed E-state index contributed by atoms with van der Waals surface area (Å²) in [4.78, 5) is 24.7. The summed E-state index contributed by atoms with van der Waals surface area (Å²) in [5.41, 5.74) is -2.48. The zero-order valence-electron chi connectivity index (χ0n) is 9.30. The Morgan fingerprint density at radius 3 is 2.44 bits per heavy atom. The van der Waals surface area contributed by atoms with Gasteiger partial charge in [0.05, 0.1) is 0 Å². The van der Waals surface area contributed by atoms with Gasteiger partial charge in [-0.1, -0.05) is 0 Å². The quantitative estimate of drug-likeness (QED) is 0.849. The number of aromatic nitrogens is 1. The van der Waals surface area contributed by atoms with Crippen LogP contribution in [0, 0.1) is 0 Å². The van der Waals surface area contributed by atoms with Crippen molar-refractivity contribution in [3.05, 3.63) is 33.7 Å². The van der Waals surface area contributed by atoms with Crippen molar-refractivity contribution in [2.75, 3.05) is 0 Å². The van der Waals surface area contributed by atoms with Crippen molar-refractivity contribution in [3.8, 4) is 0 Å². The standard InChI is InChI=1S/C11H11F3N2O2/c12-11(13,14)8-5-4-7(10(18)16-8)9(17)15-6-2-1-3-6/h4-6H,1-3H2,(H,15,17)(H,16,18). The lowest BCUT2D eigenvalue weighted by Gasteiger charge is -2.26. The van der Waals surface area contributed by atoms with Gasteiger partial charge in [-0.2, -0.15) is 13.2 Å². The Morgan fingerprint density at radius 2 is 2.00 bits per heavy atom. The van der Waals surface area contributed by atoms with E-state index in [9.17, 15) is 22.8 Å². The number of aromatic amines is 1. The first-order valence-corrected chi connectivity index (χ1v) is 5.49. The highest BCUT2D eigenvalue weighted by molar-refractivity contribution is 5.94. The fourth-order valence-corrected chi connectivity index (χ4v) is 1.63. The lowest BCUT2D eigenvalue weighted by atomic mass is 9.93. The zero-order valence-corrected chi connectivity index (χ0v) is 9.30. The highest BCUT2D eigenvalue weighted by Crippen LogP contribution is 2.26. The summed E-state index contributed by atoms with van der Waals surface area (Å²) in [5.74, 6) is -0.630.